The second kappa shape index (κ2) is 6.55. The third-order valence-corrected chi connectivity index (χ3v) is 4.12. The Morgan fingerprint density at radius 2 is 2.27 bits per heavy atom. The fourth-order valence-electron chi connectivity index (χ4n) is 2.66. The molecule has 1 saturated heterocycles. The minimum atomic E-state index is -2.00. The summed E-state index contributed by atoms with van der Waals surface area (Å²) in [5.74, 6) is -1.97. The van der Waals surface area contributed by atoms with Crippen molar-refractivity contribution in [1.82, 2.24) is 14.8 Å². The zero-order valence-electron chi connectivity index (χ0n) is 13.7. The van der Waals surface area contributed by atoms with Crippen molar-refractivity contribution >= 4 is 17.7 Å². The molecule has 0 radical (unpaired) electrons. The van der Waals surface area contributed by atoms with Gasteiger partial charge in [-0.2, -0.15) is 5.26 Å². The van der Waals surface area contributed by atoms with Gasteiger partial charge in [0.05, 0.1) is 18.8 Å². The number of nitriles is 1. The summed E-state index contributed by atoms with van der Waals surface area (Å²) in [5, 5.41) is 32.1. The van der Waals surface area contributed by atoms with Crippen molar-refractivity contribution in [2.24, 2.45) is 0 Å². The Bertz CT molecular complexity index is 904. The number of rotatable bonds is 4. The van der Waals surface area contributed by atoms with Crippen molar-refractivity contribution in [3.05, 3.63) is 36.3 Å². The molecule has 26 heavy (non-hydrogen) atoms. The molecule has 10 heteroatoms. The van der Waals surface area contributed by atoms with E-state index in [4.69, 9.17) is 15.1 Å². The molecule has 0 saturated carbocycles. The smallest absolute Gasteiger partial charge is 0.336 e. The van der Waals surface area contributed by atoms with Crippen LogP contribution < -0.4 is 4.90 Å². The Morgan fingerprint density at radius 3 is 2.96 bits per heavy atom. The monoisotopic (exact) mass is 357 g/mol. The lowest BCUT2D eigenvalue weighted by atomic mass is 9.95. The first-order chi connectivity index (χ1) is 12.4. The van der Waals surface area contributed by atoms with Crippen LogP contribution in [-0.2, 0) is 14.3 Å². The molecule has 10 nitrogen and oxygen atoms in total. The second-order valence-electron chi connectivity index (χ2n) is 5.78. The van der Waals surface area contributed by atoms with E-state index < -0.39 is 23.6 Å². The lowest BCUT2D eigenvalue weighted by molar-refractivity contribution is -0.181. The van der Waals surface area contributed by atoms with Crippen LogP contribution >= 0.6 is 0 Å². The molecular weight excluding hydrogens is 342 g/mol. The zero-order valence-corrected chi connectivity index (χ0v) is 13.7. The van der Waals surface area contributed by atoms with Gasteiger partial charge in [0.15, 0.2) is 17.5 Å². The Kier molecular flexibility index (Phi) is 4.41. The van der Waals surface area contributed by atoms with E-state index in [-0.39, 0.29) is 24.7 Å². The number of aliphatic hydroxyl groups excluding tert-OH is 1. The predicted molar refractivity (Wildman–Crippen MR) is 86.4 cm³/mol. The summed E-state index contributed by atoms with van der Waals surface area (Å²) in [6, 6.07) is 6.69. The maximum absolute atomic E-state index is 12.7. The second-order valence-corrected chi connectivity index (χ2v) is 5.78. The van der Waals surface area contributed by atoms with Crippen molar-refractivity contribution in [1.29, 1.82) is 5.26 Å². The van der Waals surface area contributed by atoms with Crippen LogP contribution in [0.25, 0.3) is 5.69 Å². The molecule has 2 aromatic rings. The number of ether oxygens (including phenoxy) is 1. The van der Waals surface area contributed by atoms with E-state index in [1.807, 2.05) is 6.07 Å². The van der Waals surface area contributed by atoms with Crippen LogP contribution in [0.15, 0.2) is 30.6 Å². The first-order valence-corrected chi connectivity index (χ1v) is 7.66. The van der Waals surface area contributed by atoms with E-state index in [0.29, 0.717) is 5.69 Å². The maximum Gasteiger partial charge on any atom is 0.336 e. The van der Waals surface area contributed by atoms with Crippen LogP contribution in [0.4, 0.5) is 5.82 Å². The Morgan fingerprint density at radius 1 is 1.50 bits per heavy atom. The van der Waals surface area contributed by atoms with Gasteiger partial charge < -0.3 is 14.9 Å². The van der Waals surface area contributed by atoms with Crippen LogP contribution in [0.3, 0.4) is 0 Å². The molecule has 2 atom stereocenters. The molecule has 134 valence electrons. The number of carbonyl (C=O) groups excluding carboxylic acids is 1. The van der Waals surface area contributed by atoms with Gasteiger partial charge in [-0.3, -0.25) is 9.69 Å². The van der Waals surface area contributed by atoms with Gasteiger partial charge in [-0.15, -0.1) is 5.10 Å². The number of carbonyl (C=O) groups is 2. The van der Waals surface area contributed by atoms with Gasteiger partial charge in [0.1, 0.15) is 11.8 Å². The van der Waals surface area contributed by atoms with Gasteiger partial charge in [0, 0.05) is 24.5 Å². The Balaban J connectivity index is 1.90. The summed E-state index contributed by atoms with van der Waals surface area (Å²) in [5.41, 5.74) is -1.10. The number of aliphatic hydroxyl groups is 1. The summed E-state index contributed by atoms with van der Waals surface area (Å²) in [6.45, 7) is 1.45. The van der Waals surface area contributed by atoms with Crippen LogP contribution in [0.1, 0.15) is 12.6 Å². The highest BCUT2D eigenvalue weighted by Gasteiger charge is 2.51. The Labute approximate surface area is 147 Å². The third-order valence-electron chi connectivity index (χ3n) is 4.12. The highest BCUT2D eigenvalue weighted by molar-refractivity contribution is 6.02. The summed E-state index contributed by atoms with van der Waals surface area (Å²) in [7, 11) is 0. The summed E-state index contributed by atoms with van der Waals surface area (Å²) >= 11 is 0. The van der Waals surface area contributed by atoms with Crippen molar-refractivity contribution < 1.29 is 24.5 Å². The van der Waals surface area contributed by atoms with Gasteiger partial charge in [0.25, 0.3) is 5.91 Å². The topological polar surface area (TPSA) is 142 Å². The summed E-state index contributed by atoms with van der Waals surface area (Å²) < 4.78 is 6.74. The van der Waals surface area contributed by atoms with E-state index >= 15 is 0 Å². The van der Waals surface area contributed by atoms with Crippen molar-refractivity contribution in [3.63, 3.8) is 0 Å². The molecule has 0 aromatic carbocycles. The van der Waals surface area contributed by atoms with Crippen LogP contribution in [0, 0.1) is 11.3 Å². The number of aliphatic carboxylic acids is 1. The average Bonchev–Trinajstić information content (AvgIpc) is 3.13. The molecule has 0 spiro atoms. The fourth-order valence-corrected chi connectivity index (χ4v) is 2.66. The minimum absolute atomic E-state index is 0.0489. The van der Waals surface area contributed by atoms with Crippen molar-refractivity contribution in [3.8, 4) is 11.8 Å². The number of aromatic nitrogens is 3. The molecule has 2 aromatic heterocycles. The van der Waals surface area contributed by atoms with Gasteiger partial charge in [-0.1, -0.05) is 0 Å². The SMILES string of the molecule is CC1(C(O)C(=O)O)OCCN(c2ccn(-c3ccnc(C#N)c3)n2)C1=O. The van der Waals surface area contributed by atoms with Crippen LogP contribution in [0.2, 0.25) is 0 Å². The highest BCUT2D eigenvalue weighted by atomic mass is 16.5. The van der Waals surface area contributed by atoms with Gasteiger partial charge in [-0.25, -0.2) is 14.5 Å². The highest BCUT2D eigenvalue weighted by Crippen LogP contribution is 2.27. The standard InChI is InChI=1S/C16H15N5O5/c1-16(13(22)14(23)24)15(25)20(6-7-26-16)12-3-5-21(19-12)11-2-4-18-10(8-11)9-17/h2-5,8,13,22H,6-7H2,1H3,(H,23,24). The quantitative estimate of drug-likeness (QED) is 0.760. The molecule has 1 aliphatic heterocycles. The number of nitrogens with zero attached hydrogens (tertiary/aromatic N) is 5. The van der Waals surface area contributed by atoms with Gasteiger partial charge in [0.2, 0.25) is 0 Å². The molecule has 0 aliphatic carbocycles. The number of carboxylic acid groups (broad SMARTS) is 1. The average molecular weight is 357 g/mol. The number of pyridine rings is 1. The van der Waals surface area contributed by atoms with E-state index in [1.165, 1.54) is 28.8 Å². The molecule has 0 bridgehead atoms. The number of hydrogen-bond donors (Lipinski definition) is 2. The van der Waals surface area contributed by atoms with Gasteiger partial charge in [-0.05, 0) is 13.0 Å². The molecule has 1 amide bonds. The van der Waals surface area contributed by atoms with Crippen LogP contribution in [-0.4, -0.2) is 61.7 Å². The lowest BCUT2D eigenvalue weighted by Crippen LogP contribution is -2.63. The van der Waals surface area contributed by atoms with Crippen molar-refractivity contribution in [2.75, 3.05) is 18.1 Å². The summed E-state index contributed by atoms with van der Waals surface area (Å²) in [4.78, 5) is 28.9. The molecular formula is C16H15N5O5. The fraction of sp³-hybridized carbons (Fsp3) is 0.312. The molecule has 2 unspecified atom stereocenters. The maximum atomic E-state index is 12.7. The summed E-state index contributed by atoms with van der Waals surface area (Å²) in [6.07, 6.45) is 1.06. The normalized spacial score (nSPS) is 21.3. The number of anilines is 1. The molecule has 3 heterocycles. The predicted octanol–water partition coefficient (Wildman–Crippen LogP) is -0.294. The van der Waals surface area contributed by atoms with E-state index in [1.54, 1.807) is 18.3 Å². The van der Waals surface area contributed by atoms with Crippen molar-refractivity contribution in [2.45, 2.75) is 18.6 Å². The van der Waals surface area contributed by atoms with E-state index in [2.05, 4.69) is 10.1 Å². The first-order valence-electron chi connectivity index (χ1n) is 7.66. The lowest BCUT2D eigenvalue weighted by Gasteiger charge is -2.39. The number of carboxylic acids is 1. The first kappa shape index (κ1) is 17.5. The largest absolute Gasteiger partial charge is 0.479 e. The number of hydrogen-bond acceptors (Lipinski definition) is 7. The molecule has 3 rings (SSSR count). The van der Waals surface area contributed by atoms with E-state index in [9.17, 15) is 14.7 Å². The minimum Gasteiger partial charge on any atom is -0.479 e. The zero-order chi connectivity index (χ0) is 18.9. The van der Waals surface area contributed by atoms with Crippen LogP contribution in [0.5, 0.6) is 0 Å². The van der Waals surface area contributed by atoms with E-state index in [0.717, 1.165) is 0 Å². The molecule has 1 fully saturated rings. The number of morpholine rings is 1. The molecule has 2 N–H and O–H groups in total. The Hall–Kier alpha value is -3.29. The van der Waals surface area contributed by atoms with Gasteiger partial charge >= 0.3 is 5.97 Å². The molecule has 1 aliphatic rings. The number of amides is 1. The third kappa shape index (κ3) is 2.90.